The van der Waals surface area contributed by atoms with Gasteiger partial charge >= 0.3 is 11.6 Å². The van der Waals surface area contributed by atoms with Crippen molar-refractivity contribution < 1.29 is 28.2 Å². The molecular formula is C24H16ClFN2O6. The lowest BCUT2D eigenvalue weighted by Gasteiger charge is -2.15. The van der Waals surface area contributed by atoms with Crippen LogP contribution in [-0.4, -0.2) is 28.1 Å². The van der Waals surface area contributed by atoms with Crippen molar-refractivity contribution in [3.05, 3.63) is 87.6 Å². The lowest BCUT2D eigenvalue weighted by Crippen LogP contribution is -2.30. The largest absolute Gasteiger partial charge is 0.481 e. The molecule has 2 aromatic carbocycles. The minimum absolute atomic E-state index is 0.0127. The maximum atomic E-state index is 13.4. The summed E-state index contributed by atoms with van der Waals surface area (Å²) in [4.78, 5) is 39.4. The number of hydrogen-bond donors (Lipinski definition) is 2. The number of aromatic nitrogens is 1. The highest BCUT2D eigenvalue weighted by atomic mass is 35.5. The third kappa shape index (κ3) is 4.89. The van der Waals surface area contributed by atoms with Crippen LogP contribution in [-0.2, 0) is 4.79 Å². The fraction of sp³-hybridized carbons (Fsp3) is 0.0833. The summed E-state index contributed by atoms with van der Waals surface area (Å²) in [6.07, 6.45) is 0.166. The van der Waals surface area contributed by atoms with Crippen LogP contribution in [0.15, 0.2) is 70.0 Å². The first-order chi connectivity index (χ1) is 16.2. The van der Waals surface area contributed by atoms with Crippen molar-refractivity contribution in [2.24, 2.45) is 0 Å². The van der Waals surface area contributed by atoms with Gasteiger partial charge in [-0.15, -0.1) is 0 Å². The molecule has 2 N–H and O–H groups in total. The highest BCUT2D eigenvalue weighted by Crippen LogP contribution is 2.34. The molecule has 0 spiro atoms. The predicted molar refractivity (Wildman–Crippen MR) is 123 cm³/mol. The SMILES string of the molecule is C[C@@H](Oc1ccc2c(-c3ccc(F)cc3Cl)cc(=O)oc2c1)C(=O)Nc1ccc(C(=O)O)cn1. The van der Waals surface area contributed by atoms with Gasteiger partial charge in [0.05, 0.1) is 10.6 Å². The smallest absolute Gasteiger partial charge is 0.337 e. The number of halogens is 2. The molecule has 0 fully saturated rings. The highest BCUT2D eigenvalue weighted by Gasteiger charge is 2.18. The molecule has 0 saturated heterocycles. The summed E-state index contributed by atoms with van der Waals surface area (Å²) in [6.45, 7) is 1.51. The van der Waals surface area contributed by atoms with Crippen molar-refractivity contribution in [1.29, 1.82) is 0 Å². The quantitative estimate of drug-likeness (QED) is 0.380. The number of carboxylic acid groups (broad SMARTS) is 1. The van der Waals surface area contributed by atoms with Gasteiger partial charge in [0.25, 0.3) is 5.91 Å². The second-order valence-electron chi connectivity index (χ2n) is 7.25. The van der Waals surface area contributed by atoms with Crippen molar-refractivity contribution in [2.75, 3.05) is 5.32 Å². The molecule has 10 heteroatoms. The molecule has 2 heterocycles. The number of carbonyl (C=O) groups excluding carboxylic acids is 1. The molecule has 34 heavy (non-hydrogen) atoms. The Bertz CT molecular complexity index is 1470. The van der Waals surface area contributed by atoms with Crippen LogP contribution in [0.2, 0.25) is 5.02 Å². The Hall–Kier alpha value is -4.24. The first kappa shape index (κ1) is 22.9. The number of hydrogen-bond acceptors (Lipinski definition) is 6. The summed E-state index contributed by atoms with van der Waals surface area (Å²) < 4.78 is 24.4. The summed E-state index contributed by atoms with van der Waals surface area (Å²) in [5, 5.41) is 12.1. The Morgan fingerprint density at radius 2 is 1.91 bits per heavy atom. The molecule has 1 atom stereocenters. The number of amides is 1. The molecular weight excluding hydrogens is 467 g/mol. The fourth-order valence-corrected chi connectivity index (χ4v) is 3.50. The van der Waals surface area contributed by atoms with Gasteiger partial charge in [0.2, 0.25) is 0 Å². The van der Waals surface area contributed by atoms with Gasteiger partial charge in [-0.05, 0) is 49.4 Å². The number of nitrogens with one attached hydrogen (secondary N) is 1. The molecule has 0 bridgehead atoms. The van der Waals surface area contributed by atoms with Gasteiger partial charge in [-0.2, -0.15) is 0 Å². The van der Waals surface area contributed by atoms with E-state index in [1.165, 1.54) is 43.3 Å². The van der Waals surface area contributed by atoms with Gasteiger partial charge in [-0.25, -0.2) is 19.0 Å². The maximum absolute atomic E-state index is 13.4. The Morgan fingerprint density at radius 3 is 2.59 bits per heavy atom. The topological polar surface area (TPSA) is 119 Å². The molecule has 0 aliphatic carbocycles. The van der Waals surface area contributed by atoms with E-state index in [4.69, 9.17) is 25.9 Å². The second kappa shape index (κ2) is 9.32. The van der Waals surface area contributed by atoms with Crippen LogP contribution >= 0.6 is 11.6 Å². The number of rotatable bonds is 6. The second-order valence-corrected chi connectivity index (χ2v) is 7.66. The number of anilines is 1. The average Bonchev–Trinajstić information content (AvgIpc) is 2.78. The van der Waals surface area contributed by atoms with Crippen LogP contribution < -0.4 is 15.7 Å². The predicted octanol–water partition coefficient (Wildman–Crippen LogP) is 4.75. The first-order valence-corrected chi connectivity index (χ1v) is 10.3. The van der Waals surface area contributed by atoms with Crippen molar-refractivity contribution in [3.63, 3.8) is 0 Å². The number of benzene rings is 2. The number of ether oxygens (including phenoxy) is 1. The summed E-state index contributed by atoms with van der Waals surface area (Å²) in [6, 6.07) is 12.5. The number of fused-ring (bicyclic) bond motifs is 1. The van der Waals surface area contributed by atoms with Crippen LogP contribution in [0.4, 0.5) is 10.2 Å². The molecule has 172 valence electrons. The van der Waals surface area contributed by atoms with Crippen LogP contribution in [0.3, 0.4) is 0 Å². The van der Waals surface area contributed by atoms with Gasteiger partial charge in [-0.3, -0.25) is 4.79 Å². The third-order valence-corrected chi connectivity index (χ3v) is 5.19. The van der Waals surface area contributed by atoms with Gasteiger partial charge in [-0.1, -0.05) is 11.6 Å². The van der Waals surface area contributed by atoms with E-state index in [0.29, 0.717) is 16.5 Å². The molecule has 0 aliphatic heterocycles. The summed E-state index contributed by atoms with van der Waals surface area (Å²) in [7, 11) is 0. The fourth-order valence-electron chi connectivity index (χ4n) is 3.23. The zero-order valence-corrected chi connectivity index (χ0v) is 18.3. The molecule has 4 aromatic rings. The van der Waals surface area contributed by atoms with E-state index >= 15 is 0 Å². The van der Waals surface area contributed by atoms with E-state index in [2.05, 4.69) is 10.3 Å². The number of nitrogens with zero attached hydrogens (tertiary/aromatic N) is 1. The van der Waals surface area contributed by atoms with Crippen LogP contribution in [0, 0.1) is 5.82 Å². The lowest BCUT2D eigenvalue weighted by atomic mass is 10.0. The van der Waals surface area contributed by atoms with E-state index in [-0.39, 0.29) is 27.7 Å². The van der Waals surface area contributed by atoms with E-state index in [9.17, 15) is 18.8 Å². The zero-order chi connectivity index (χ0) is 24.4. The summed E-state index contributed by atoms with van der Waals surface area (Å²) in [5.41, 5.74) is 0.468. The van der Waals surface area contributed by atoms with Crippen LogP contribution in [0.1, 0.15) is 17.3 Å². The average molecular weight is 483 g/mol. The standard InChI is InChI=1S/C24H16ClFN2O6/c1-12(23(30)28-21-7-2-13(11-27-21)24(31)32)33-15-4-6-17-18(10-22(29)34-20(17)9-15)16-5-3-14(26)8-19(16)25/h2-12H,1H3,(H,31,32)(H,27,28,30)/t12-/m1/s1. The first-order valence-electron chi connectivity index (χ1n) is 9.91. The summed E-state index contributed by atoms with van der Waals surface area (Å²) in [5.74, 6) is -1.73. The number of pyridine rings is 1. The number of carboxylic acids is 1. The van der Waals surface area contributed by atoms with Crippen molar-refractivity contribution >= 4 is 40.3 Å². The van der Waals surface area contributed by atoms with Crippen molar-refractivity contribution in [1.82, 2.24) is 4.98 Å². The Morgan fingerprint density at radius 1 is 1.12 bits per heavy atom. The van der Waals surface area contributed by atoms with Gasteiger partial charge in [0.1, 0.15) is 23.0 Å². The molecule has 4 rings (SSSR count). The van der Waals surface area contributed by atoms with Crippen LogP contribution in [0.25, 0.3) is 22.1 Å². The molecule has 0 unspecified atom stereocenters. The highest BCUT2D eigenvalue weighted by molar-refractivity contribution is 6.33. The van der Waals surface area contributed by atoms with Crippen LogP contribution in [0.5, 0.6) is 5.75 Å². The minimum Gasteiger partial charge on any atom is -0.481 e. The molecule has 1 amide bonds. The van der Waals surface area contributed by atoms with E-state index in [1.807, 2.05) is 0 Å². The van der Waals surface area contributed by atoms with E-state index < -0.39 is 29.4 Å². The monoisotopic (exact) mass is 482 g/mol. The van der Waals surface area contributed by atoms with Gasteiger partial charge < -0.3 is 19.6 Å². The summed E-state index contributed by atoms with van der Waals surface area (Å²) >= 11 is 6.17. The molecule has 0 aliphatic rings. The molecule has 8 nitrogen and oxygen atoms in total. The Balaban J connectivity index is 1.56. The Kier molecular flexibility index (Phi) is 6.29. The molecule has 0 radical (unpaired) electrons. The number of carbonyl (C=O) groups is 2. The zero-order valence-electron chi connectivity index (χ0n) is 17.5. The maximum Gasteiger partial charge on any atom is 0.337 e. The normalized spacial score (nSPS) is 11.7. The molecule has 0 saturated carbocycles. The van der Waals surface area contributed by atoms with Gasteiger partial charge in [0, 0.05) is 34.8 Å². The molecule has 2 aromatic heterocycles. The third-order valence-electron chi connectivity index (χ3n) is 4.88. The lowest BCUT2D eigenvalue weighted by molar-refractivity contribution is -0.122. The minimum atomic E-state index is -1.13. The Labute approximate surface area is 196 Å². The number of aromatic carboxylic acids is 1. The van der Waals surface area contributed by atoms with Crippen molar-refractivity contribution in [2.45, 2.75) is 13.0 Å². The van der Waals surface area contributed by atoms with Gasteiger partial charge in [0.15, 0.2) is 6.10 Å². The van der Waals surface area contributed by atoms with Crippen molar-refractivity contribution in [3.8, 4) is 16.9 Å². The van der Waals surface area contributed by atoms with E-state index in [1.54, 1.807) is 12.1 Å². The van der Waals surface area contributed by atoms with E-state index in [0.717, 1.165) is 12.3 Å².